The van der Waals surface area contributed by atoms with Crippen molar-refractivity contribution in [3.8, 4) is 5.75 Å². The predicted molar refractivity (Wildman–Crippen MR) is 253 cm³/mol. The molecule has 0 aliphatic rings. The molecule has 0 radical (unpaired) electrons. The molecule has 0 aliphatic heterocycles. The molecule has 25 heteroatoms. The molecule has 402 valence electrons. The Bertz CT molecular complexity index is 2370. The number of carbonyl (C=O) groups excluding carboxylic acids is 8. The Morgan fingerprint density at radius 2 is 1.16 bits per heavy atom. The van der Waals surface area contributed by atoms with Crippen molar-refractivity contribution in [2.75, 3.05) is 12.4 Å². The molecule has 2 rings (SSSR count). The van der Waals surface area contributed by atoms with Gasteiger partial charge in [0.2, 0.25) is 41.2 Å². The van der Waals surface area contributed by atoms with Gasteiger partial charge in [-0.3, -0.25) is 52.7 Å². The lowest BCUT2D eigenvalue weighted by molar-refractivity contribution is -0.153. The predicted octanol–water partition coefficient (Wildman–Crippen LogP) is 2.22. The van der Waals surface area contributed by atoms with Gasteiger partial charge in [-0.05, 0) is 72.9 Å². The average molecular weight is 1040 g/mol. The number of amides is 7. The van der Waals surface area contributed by atoms with Crippen molar-refractivity contribution in [3.05, 3.63) is 59.2 Å². The van der Waals surface area contributed by atoms with Gasteiger partial charge in [0.05, 0.1) is 26.4 Å². The van der Waals surface area contributed by atoms with Crippen LogP contribution in [0.25, 0.3) is 0 Å². The summed E-state index contributed by atoms with van der Waals surface area (Å²) in [5.74, 6) is -14.4. The Balaban J connectivity index is 2.52. The summed E-state index contributed by atoms with van der Waals surface area (Å²) in [7, 11) is 1.38. The molecule has 7 amide bonds. The summed E-state index contributed by atoms with van der Waals surface area (Å²) in [6.45, 7) is 11.0. The van der Waals surface area contributed by atoms with E-state index in [4.69, 9.17) is 9.84 Å². The van der Waals surface area contributed by atoms with Gasteiger partial charge >= 0.3 is 24.1 Å². The van der Waals surface area contributed by atoms with Crippen LogP contribution >= 0.6 is 0 Å². The van der Waals surface area contributed by atoms with Crippen LogP contribution < -0.4 is 42.0 Å². The van der Waals surface area contributed by atoms with Crippen LogP contribution in [-0.2, 0) is 59.2 Å². The van der Waals surface area contributed by atoms with Crippen LogP contribution in [0.15, 0.2) is 42.5 Å². The zero-order chi connectivity index (χ0) is 55.5. The Morgan fingerprint density at radius 1 is 0.616 bits per heavy atom. The maximum Gasteiger partial charge on any atom is 0.391 e. The molecule has 2 aromatic carbocycles. The number of ketones is 1. The molecule has 1 unspecified atom stereocenters. The Kier molecular flexibility index (Phi) is 23.5. The summed E-state index contributed by atoms with van der Waals surface area (Å²) < 4.78 is 46.8. The lowest BCUT2D eigenvalue weighted by Gasteiger charge is -2.34. The van der Waals surface area contributed by atoms with Gasteiger partial charge in [0.1, 0.15) is 42.0 Å². The van der Waals surface area contributed by atoms with E-state index in [2.05, 4.69) is 31.9 Å². The van der Waals surface area contributed by atoms with E-state index in [0.717, 1.165) is 0 Å². The number of methoxy groups -OCH3 is 1. The minimum absolute atomic E-state index is 0.0719. The standard InChI is InChI=1S/C48H64F3N7O15/c1-24(2)19-31(42(68)57-34(23-48(49,50)51)39(66)45(71)53-29-14-13-28(73-8)20-26(29)4)56-46(72)40(47(5,6)7)58-44(70)32(21-27-12-10-9-11-25(27)3)55-41(67)30(15-17-36(60)61)54-43(69)33(22-38(64)65)52-35(59)16-18-37(62)63/h9-14,20,24,30-34,40H,15-19,21-23H2,1-8H3,(H,52,59)(H,53,71)(H,54,69)(H,55,67)(H,56,72)(H,57,68)(H,58,70)(H,60,61)(H,62,63)(H,64,65)/t30-,31-,32-,33-,34?,40+/m0/s1. The van der Waals surface area contributed by atoms with Crippen LogP contribution in [0.3, 0.4) is 0 Å². The third-order valence-corrected chi connectivity index (χ3v) is 10.9. The van der Waals surface area contributed by atoms with E-state index in [0.29, 0.717) is 22.4 Å². The van der Waals surface area contributed by atoms with Gasteiger partial charge in [-0.1, -0.05) is 58.9 Å². The molecule has 0 saturated carbocycles. The highest BCUT2D eigenvalue weighted by Crippen LogP contribution is 2.25. The van der Waals surface area contributed by atoms with E-state index in [1.807, 2.05) is 5.32 Å². The topological polar surface area (TPSA) is 342 Å². The smallest absolute Gasteiger partial charge is 0.391 e. The molecular weight excluding hydrogens is 972 g/mol. The van der Waals surface area contributed by atoms with Crippen LogP contribution in [-0.4, -0.2) is 130 Å². The molecule has 0 bridgehead atoms. The number of halogens is 3. The van der Waals surface area contributed by atoms with Crippen molar-refractivity contribution < 1.29 is 86.0 Å². The second kappa shape index (κ2) is 27.9. The Hall–Kier alpha value is -7.60. The molecule has 0 spiro atoms. The first kappa shape index (κ1) is 61.5. The van der Waals surface area contributed by atoms with Gasteiger partial charge < -0.3 is 57.3 Å². The summed E-state index contributed by atoms with van der Waals surface area (Å²) >= 11 is 0. The summed E-state index contributed by atoms with van der Waals surface area (Å²) in [6.07, 6.45) is -11.3. The van der Waals surface area contributed by atoms with Crippen molar-refractivity contribution in [2.45, 2.75) is 142 Å². The second-order valence-corrected chi connectivity index (χ2v) is 18.7. The zero-order valence-electron chi connectivity index (χ0n) is 41.6. The molecule has 10 N–H and O–H groups in total. The SMILES string of the molecule is COc1ccc(NC(=O)C(=O)C(CC(F)(F)F)NC(=O)[C@H](CC(C)C)NC(=O)[C@@H](NC(=O)[C@H](Cc2ccccc2C)NC(=O)[C@H](CCC(=O)O)NC(=O)[C@H](CC(=O)O)NC(=O)CCC(=O)O)C(C)(C)C)c(C)c1. The molecule has 22 nitrogen and oxygen atoms in total. The maximum absolute atomic E-state index is 14.4. The molecule has 0 heterocycles. The number of carbonyl (C=O) groups is 11. The molecule has 0 saturated heterocycles. The largest absolute Gasteiger partial charge is 0.497 e. The normalized spacial score (nSPS) is 13.9. The highest BCUT2D eigenvalue weighted by atomic mass is 19.4. The van der Waals surface area contributed by atoms with Crippen LogP contribution in [0.2, 0.25) is 0 Å². The fourth-order valence-electron chi connectivity index (χ4n) is 7.06. The summed E-state index contributed by atoms with van der Waals surface area (Å²) in [4.78, 5) is 143. The number of aryl methyl sites for hydroxylation is 2. The number of carboxylic acid groups (broad SMARTS) is 3. The van der Waals surface area contributed by atoms with E-state index in [1.165, 1.54) is 53.0 Å². The molecule has 0 aliphatic carbocycles. The van der Waals surface area contributed by atoms with Crippen molar-refractivity contribution in [3.63, 3.8) is 0 Å². The number of hydrogen-bond acceptors (Lipinski definition) is 12. The van der Waals surface area contributed by atoms with E-state index in [9.17, 15) is 76.1 Å². The van der Waals surface area contributed by atoms with Crippen LogP contribution in [0, 0.1) is 25.2 Å². The van der Waals surface area contributed by atoms with Crippen LogP contribution in [0.5, 0.6) is 5.75 Å². The number of benzene rings is 2. The number of nitrogens with one attached hydrogen (secondary N) is 7. The number of carboxylic acids is 3. The number of anilines is 1. The van der Waals surface area contributed by atoms with Crippen molar-refractivity contribution in [1.82, 2.24) is 31.9 Å². The minimum Gasteiger partial charge on any atom is -0.497 e. The third kappa shape index (κ3) is 21.7. The third-order valence-electron chi connectivity index (χ3n) is 10.9. The first-order valence-electron chi connectivity index (χ1n) is 22.9. The van der Waals surface area contributed by atoms with Gasteiger partial charge in [-0.15, -0.1) is 0 Å². The molecule has 73 heavy (non-hydrogen) atoms. The van der Waals surface area contributed by atoms with Gasteiger partial charge in [0, 0.05) is 24.9 Å². The summed E-state index contributed by atoms with van der Waals surface area (Å²) in [6, 6.07) is -0.114. The fourth-order valence-corrected chi connectivity index (χ4v) is 7.06. The lowest BCUT2D eigenvalue weighted by atomic mass is 9.85. The van der Waals surface area contributed by atoms with E-state index >= 15 is 0 Å². The van der Waals surface area contributed by atoms with Gasteiger partial charge in [-0.2, -0.15) is 13.2 Å². The number of aliphatic carboxylic acids is 3. The quantitative estimate of drug-likeness (QED) is 0.0547. The number of ether oxygens (including phenoxy) is 1. The first-order chi connectivity index (χ1) is 33.8. The molecule has 0 fully saturated rings. The van der Waals surface area contributed by atoms with E-state index < -0.39 is 157 Å². The van der Waals surface area contributed by atoms with Crippen molar-refractivity contribution >= 4 is 70.7 Å². The lowest BCUT2D eigenvalue weighted by Crippen LogP contribution is -2.62. The molecular formula is C48H64F3N7O15. The molecule has 6 atom stereocenters. The van der Waals surface area contributed by atoms with Crippen LogP contribution in [0.1, 0.15) is 96.3 Å². The fraction of sp³-hybridized carbons (Fsp3) is 0.521. The van der Waals surface area contributed by atoms with Crippen molar-refractivity contribution in [1.29, 1.82) is 0 Å². The summed E-state index contributed by atoms with van der Waals surface area (Å²) in [5.41, 5.74) is 0.357. The van der Waals surface area contributed by atoms with Gasteiger partial charge in [0.15, 0.2) is 0 Å². The second-order valence-electron chi connectivity index (χ2n) is 18.7. The number of rotatable bonds is 28. The van der Waals surface area contributed by atoms with Gasteiger partial charge in [-0.25, -0.2) is 0 Å². The Morgan fingerprint density at radius 3 is 1.70 bits per heavy atom. The molecule has 2 aromatic rings. The maximum atomic E-state index is 14.4. The number of alkyl halides is 3. The van der Waals surface area contributed by atoms with Gasteiger partial charge in [0.25, 0.3) is 5.91 Å². The van der Waals surface area contributed by atoms with Crippen LogP contribution in [0.4, 0.5) is 18.9 Å². The molecule has 0 aromatic heterocycles. The average Bonchev–Trinajstić information content (AvgIpc) is 3.27. The summed E-state index contributed by atoms with van der Waals surface area (Å²) in [5, 5.41) is 43.8. The Labute approximate surface area is 418 Å². The number of hydrogen-bond donors (Lipinski definition) is 10. The highest BCUT2D eigenvalue weighted by Gasteiger charge is 2.42. The van der Waals surface area contributed by atoms with Crippen molar-refractivity contribution in [2.24, 2.45) is 11.3 Å². The van der Waals surface area contributed by atoms with E-state index in [1.54, 1.807) is 45.0 Å². The first-order valence-corrected chi connectivity index (χ1v) is 22.9. The van der Waals surface area contributed by atoms with E-state index in [-0.39, 0.29) is 18.5 Å². The zero-order valence-corrected chi connectivity index (χ0v) is 41.6. The minimum atomic E-state index is -5.07. The highest BCUT2D eigenvalue weighted by molar-refractivity contribution is 6.42. The number of Topliss-reactive ketones (excluding diaryl/α,β-unsaturated/α-hetero) is 1. The monoisotopic (exact) mass is 1040 g/mol.